The van der Waals surface area contributed by atoms with Gasteiger partial charge in [0.1, 0.15) is 0 Å². The Kier molecular flexibility index (Phi) is 6.44. The molecule has 1 saturated heterocycles. The van der Waals surface area contributed by atoms with Gasteiger partial charge in [0.15, 0.2) is 5.96 Å². The summed E-state index contributed by atoms with van der Waals surface area (Å²) in [5.74, 6) is 1.48. The van der Waals surface area contributed by atoms with E-state index in [1.54, 1.807) is 0 Å². The summed E-state index contributed by atoms with van der Waals surface area (Å²) in [5.41, 5.74) is 8.01. The maximum absolute atomic E-state index is 11.6. The number of benzene rings is 1. The number of carbonyl (C=O) groups excluding carboxylic acids is 1. The number of hydrogen-bond donors (Lipinski definition) is 2. The van der Waals surface area contributed by atoms with E-state index >= 15 is 0 Å². The molecule has 0 spiro atoms. The smallest absolute Gasteiger partial charge is 0.224 e. The van der Waals surface area contributed by atoms with Crippen molar-refractivity contribution in [2.24, 2.45) is 16.6 Å². The topological polar surface area (TPSA) is 70.7 Å². The number of rotatable bonds is 5. The van der Waals surface area contributed by atoms with Crippen LogP contribution in [-0.4, -0.2) is 29.9 Å². The lowest BCUT2D eigenvalue weighted by molar-refractivity contribution is -0.116. The normalized spacial score (nSPS) is 16.4. The van der Waals surface area contributed by atoms with Crippen molar-refractivity contribution in [3.63, 3.8) is 0 Å². The van der Waals surface area contributed by atoms with Gasteiger partial charge in [-0.25, -0.2) is 4.99 Å². The second-order valence-electron chi connectivity index (χ2n) is 6.34. The minimum atomic E-state index is 0.0573. The van der Waals surface area contributed by atoms with Crippen LogP contribution in [-0.2, 0) is 11.3 Å². The third-order valence-electron chi connectivity index (χ3n) is 4.25. The Bertz CT molecular complexity index is 530. The van der Waals surface area contributed by atoms with Crippen molar-refractivity contribution in [3.05, 3.63) is 29.8 Å². The lowest BCUT2D eigenvalue weighted by Crippen LogP contribution is -2.42. The summed E-state index contributed by atoms with van der Waals surface area (Å²) in [7, 11) is 0. The molecule has 2 rings (SSSR count). The van der Waals surface area contributed by atoms with Crippen LogP contribution in [0.4, 0.5) is 5.69 Å². The van der Waals surface area contributed by atoms with Crippen LogP contribution in [0.2, 0.25) is 0 Å². The largest absolute Gasteiger partial charge is 0.370 e. The number of carbonyl (C=O) groups is 1. The Balaban J connectivity index is 1.85. The Morgan fingerprint density at radius 3 is 2.57 bits per heavy atom. The zero-order valence-electron chi connectivity index (χ0n) is 14.2. The van der Waals surface area contributed by atoms with Crippen molar-refractivity contribution in [2.45, 2.75) is 46.1 Å². The minimum Gasteiger partial charge on any atom is -0.370 e. The van der Waals surface area contributed by atoms with Crippen molar-refractivity contribution in [1.29, 1.82) is 0 Å². The minimum absolute atomic E-state index is 0.0573. The van der Waals surface area contributed by atoms with Crippen LogP contribution >= 0.6 is 0 Å². The number of nitrogens with zero attached hydrogens (tertiary/aromatic N) is 2. The molecule has 0 atom stereocenters. The van der Waals surface area contributed by atoms with E-state index in [4.69, 9.17) is 5.73 Å². The molecule has 1 amide bonds. The van der Waals surface area contributed by atoms with Gasteiger partial charge in [0.05, 0.1) is 6.54 Å². The fraction of sp³-hybridized carbons (Fsp3) is 0.556. The van der Waals surface area contributed by atoms with Gasteiger partial charge >= 0.3 is 0 Å². The van der Waals surface area contributed by atoms with Crippen molar-refractivity contribution in [1.82, 2.24) is 4.90 Å². The molecule has 0 aromatic heterocycles. The summed E-state index contributed by atoms with van der Waals surface area (Å²) in [4.78, 5) is 18.2. The molecule has 0 bridgehead atoms. The molecular formula is C18H28N4O. The van der Waals surface area contributed by atoms with Crippen LogP contribution < -0.4 is 11.1 Å². The highest BCUT2D eigenvalue weighted by atomic mass is 16.1. The van der Waals surface area contributed by atoms with Crippen LogP contribution in [0.25, 0.3) is 0 Å². The molecule has 1 aliphatic rings. The zero-order valence-corrected chi connectivity index (χ0v) is 14.2. The van der Waals surface area contributed by atoms with Gasteiger partial charge in [0.2, 0.25) is 5.91 Å². The fourth-order valence-corrected chi connectivity index (χ4v) is 2.65. The summed E-state index contributed by atoms with van der Waals surface area (Å²) in [5, 5.41) is 2.88. The van der Waals surface area contributed by atoms with E-state index in [0.717, 1.165) is 36.7 Å². The number of guanidine groups is 1. The van der Waals surface area contributed by atoms with Crippen molar-refractivity contribution >= 4 is 17.6 Å². The SMILES string of the molecule is CCCC(=O)Nc1ccc(CN=C(N)N2CCC(C)CC2)cc1. The summed E-state index contributed by atoms with van der Waals surface area (Å²) in [6, 6.07) is 7.79. The van der Waals surface area contributed by atoms with E-state index in [0.29, 0.717) is 18.9 Å². The average molecular weight is 316 g/mol. The number of amides is 1. The van der Waals surface area contributed by atoms with Crippen molar-refractivity contribution < 1.29 is 4.79 Å². The molecule has 1 fully saturated rings. The first-order chi connectivity index (χ1) is 11.1. The highest BCUT2D eigenvalue weighted by molar-refractivity contribution is 5.90. The first-order valence-corrected chi connectivity index (χ1v) is 8.52. The van der Waals surface area contributed by atoms with Gasteiger partial charge in [0, 0.05) is 25.2 Å². The van der Waals surface area contributed by atoms with Gasteiger partial charge in [-0.15, -0.1) is 0 Å². The van der Waals surface area contributed by atoms with Gasteiger partial charge in [-0.1, -0.05) is 26.0 Å². The Morgan fingerprint density at radius 1 is 1.30 bits per heavy atom. The van der Waals surface area contributed by atoms with Gasteiger partial charge in [-0.2, -0.15) is 0 Å². The lowest BCUT2D eigenvalue weighted by Gasteiger charge is -2.31. The molecule has 23 heavy (non-hydrogen) atoms. The van der Waals surface area contributed by atoms with E-state index in [1.165, 1.54) is 12.8 Å². The molecule has 1 heterocycles. The third-order valence-corrected chi connectivity index (χ3v) is 4.25. The van der Waals surface area contributed by atoms with Crippen LogP contribution in [0.15, 0.2) is 29.3 Å². The van der Waals surface area contributed by atoms with Gasteiger partial charge in [-0.05, 0) is 42.9 Å². The molecule has 126 valence electrons. The van der Waals surface area contributed by atoms with E-state index in [2.05, 4.69) is 22.1 Å². The molecule has 1 aliphatic heterocycles. The fourth-order valence-electron chi connectivity index (χ4n) is 2.65. The summed E-state index contributed by atoms with van der Waals surface area (Å²) in [6.07, 6.45) is 3.77. The quantitative estimate of drug-likeness (QED) is 0.648. The molecule has 1 aromatic rings. The number of hydrogen-bond acceptors (Lipinski definition) is 2. The maximum Gasteiger partial charge on any atom is 0.224 e. The molecule has 3 N–H and O–H groups in total. The summed E-state index contributed by atoms with van der Waals surface area (Å²) in [6.45, 7) is 6.85. The van der Waals surface area contributed by atoms with Crippen molar-refractivity contribution in [2.75, 3.05) is 18.4 Å². The van der Waals surface area contributed by atoms with Crippen LogP contribution in [0.1, 0.15) is 45.1 Å². The number of anilines is 1. The molecule has 5 heteroatoms. The Labute approximate surface area is 139 Å². The first kappa shape index (κ1) is 17.3. The number of likely N-dealkylation sites (tertiary alicyclic amines) is 1. The number of aliphatic imine (C=N–C) groups is 1. The van der Waals surface area contributed by atoms with E-state index in [-0.39, 0.29) is 5.91 Å². The number of nitrogens with two attached hydrogens (primary N) is 1. The van der Waals surface area contributed by atoms with Gasteiger partial charge < -0.3 is 16.0 Å². The molecule has 5 nitrogen and oxygen atoms in total. The van der Waals surface area contributed by atoms with Gasteiger partial charge in [-0.3, -0.25) is 4.79 Å². The predicted octanol–water partition coefficient (Wildman–Crippen LogP) is 2.97. The molecule has 0 unspecified atom stereocenters. The van der Waals surface area contributed by atoms with E-state index in [9.17, 15) is 4.79 Å². The van der Waals surface area contributed by atoms with Crippen LogP contribution in [0, 0.1) is 5.92 Å². The predicted molar refractivity (Wildman–Crippen MR) is 95.3 cm³/mol. The van der Waals surface area contributed by atoms with Crippen LogP contribution in [0.5, 0.6) is 0 Å². The van der Waals surface area contributed by atoms with E-state index in [1.807, 2.05) is 31.2 Å². The molecule has 0 saturated carbocycles. The third kappa shape index (κ3) is 5.58. The molecule has 0 aliphatic carbocycles. The summed E-state index contributed by atoms with van der Waals surface area (Å²) >= 11 is 0. The van der Waals surface area contributed by atoms with Crippen LogP contribution in [0.3, 0.4) is 0 Å². The lowest BCUT2D eigenvalue weighted by atomic mass is 10.00. The second kappa shape index (κ2) is 8.56. The first-order valence-electron chi connectivity index (χ1n) is 8.52. The summed E-state index contributed by atoms with van der Waals surface area (Å²) < 4.78 is 0. The molecular weight excluding hydrogens is 288 g/mol. The Morgan fingerprint density at radius 2 is 1.96 bits per heavy atom. The van der Waals surface area contributed by atoms with Crippen molar-refractivity contribution in [3.8, 4) is 0 Å². The Hall–Kier alpha value is -2.04. The second-order valence-corrected chi connectivity index (χ2v) is 6.34. The molecule has 0 radical (unpaired) electrons. The maximum atomic E-state index is 11.6. The highest BCUT2D eigenvalue weighted by Gasteiger charge is 2.16. The van der Waals surface area contributed by atoms with E-state index < -0.39 is 0 Å². The standard InChI is InChI=1S/C18H28N4O/c1-3-4-17(23)21-16-7-5-15(6-8-16)13-20-18(19)22-11-9-14(2)10-12-22/h5-8,14H,3-4,9-13H2,1-2H3,(H2,19,20)(H,21,23). The number of nitrogens with one attached hydrogen (secondary N) is 1. The number of piperidine rings is 1. The monoisotopic (exact) mass is 316 g/mol. The average Bonchev–Trinajstić information content (AvgIpc) is 2.55. The zero-order chi connectivity index (χ0) is 16.7. The highest BCUT2D eigenvalue weighted by Crippen LogP contribution is 2.16. The van der Waals surface area contributed by atoms with Gasteiger partial charge in [0.25, 0.3) is 0 Å². The molecule has 1 aromatic carbocycles.